The van der Waals surface area contributed by atoms with Crippen molar-refractivity contribution < 1.29 is 14.3 Å². The predicted octanol–water partition coefficient (Wildman–Crippen LogP) is 2.98. The molecule has 144 valence electrons. The molecule has 2 aliphatic rings. The lowest BCUT2D eigenvalue weighted by Crippen LogP contribution is -2.29. The molecule has 2 heterocycles. The maximum Gasteiger partial charge on any atom is 0.338 e. The van der Waals surface area contributed by atoms with E-state index in [4.69, 9.17) is 4.74 Å². The molecule has 0 saturated carbocycles. The molecule has 0 radical (unpaired) electrons. The fraction of sp³-hybridized carbons (Fsp3) is 0.667. The second kappa shape index (κ2) is 14.3. The molecule has 25 heavy (non-hydrogen) atoms. The van der Waals surface area contributed by atoms with Gasteiger partial charge >= 0.3 is 11.9 Å². The summed E-state index contributed by atoms with van der Waals surface area (Å²) in [5.41, 5.74) is 0. The van der Waals surface area contributed by atoms with Gasteiger partial charge in [-0.15, -0.1) is 24.8 Å². The standard InChI is InChI=1S/C18H28N2O3.2ClH/c21-17(9-7-15-19-11-3-1-4-12-19)23-18(22)10-8-16-20-13-5-2-6-14-20;;/h7-10H,1-6,11-16H2;2*1H. The minimum atomic E-state index is -0.588. The largest absolute Gasteiger partial charge is 0.387 e. The van der Waals surface area contributed by atoms with Gasteiger partial charge in [0.2, 0.25) is 0 Å². The van der Waals surface area contributed by atoms with Crippen LogP contribution in [0.5, 0.6) is 0 Å². The Balaban J connectivity index is 0.00000288. The number of carbonyl (C=O) groups excluding carboxylic acids is 2. The molecule has 2 saturated heterocycles. The summed E-state index contributed by atoms with van der Waals surface area (Å²) in [6, 6.07) is 0. The number of rotatable bonds is 6. The molecule has 0 unspecified atom stereocenters. The van der Waals surface area contributed by atoms with Crippen LogP contribution >= 0.6 is 24.8 Å². The molecule has 0 aromatic heterocycles. The van der Waals surface area contributed by atoms with Crippen LogP contribution in [0.25, 0.3) is 0 Å². The van der Waals surface area contributed by atoms with Crippen molar-refractivity contribution in [3.8, 4) is 0 Å². The fourth-order valence-corrected chi connectivity index (χ4v) is 3.05. The molecule has 0 atom stereocenters. The molecule has 2 rings (SSSR count). The van der Waals surface area contributed by atoms with Crippen LogP contribution < -0.4 is 0 Å². The molecule has 5 nitrogen and oxygen atoms in total. The number of hydrogen-bond acceptors (Lipinski definition) is 5. The van der Waals surface area contributed by atoms with Crippen LogP contribution in [-0.4, -0.2) is 61.0 Å². The van der Waals surface area contributed by atoms with E-state index in [0.717, 1.165) is 39.3 Å². The van der Waals surface area contributed by atoms with Crippen molar-refractivity contribution in [2.75, 3.05) is 39.3 Å². The number of carbonyl (C=O) groups is 2. The molecule has 0 aliphatic carbocycles. The molecule has 7 heteroatoms. The van der Waals surface area contributed by atoms with E-state index in [1.54, 1.807) is 12.2 Å². The Morgan fingerprint density at radius 3 is 1.40 bits per heavy atom. The maximum atomic E-state index is 11.6. The molecule has 0 aromatic rings. The first-order valence-electron chi connectivity index (χ1n) is 8.77. The highest BCUT2D eigenvalue weighted by atomic mass is 35.5. The smallest absolute Gasteiger partial charge is 0.338 e. The second-order valence-corrected chi connectivity index (χ2v) is 6.27. The van der Waals surface area contributed by atoms with Gasteiger partial charge in [-0.2, -0.15) is 0 Å². The average molecular weight is 393 g/mol. The van der Waals surface area contributed by atoms with Crippen LogP contribution in [0.4, 0.5) is 0 Å². The lowest BCUT2D eigenvalue weighted by molar-refractivity contribution is -0.152. The van der Waals surface area contributed by atoms with E-state index in [2.05, 4.69) is 9.80 Å². The van der Waals surface area contributed by atoms with Gasteiger partial charge in [-0.3, -0.25) is 9.80 Å². The number of piperidine rings is 2. The number of halogens is 2. The van der Waals surface area contributed by atoms with Gasteiger partial charge in [-0.25, -0.2) is 9.59 Å². The maximum absolute atomic E-state index is 11.6. The van der Waals surface area contributed by atoms with E-state index < -0.39 is 11.9 Å². The van der Waals surface area contributed by atoms with Crippen molar-refractivity contribution in [2.45, 2.75) is 38.5 Å². The Bertz CT molecular complexity index is 404. The molecule has 2 aliphatic heterocycles. The lowest BCUT2D eigenvalue weighted by atomic mass is 10.1. The van der Waals surface area contributed by atoms with Gasteiger partial charge in [0.25, 0.3) is 0 Å². The lowest BCUT2D eigenvalue weighted by Gasteiger charge is -2.24. The van der Waals surface area contributed by atoms with E-state index in [-0.39, 0.29) is 24.8 Å². The molecular formula is C18H30Cl2N2O3. The number of nitrogens with zero attached hydrogens (tertiary/aromatic N) is 2. The van der Waals surface area contributed by atoms with E-state index in [0.29, 0.717) is 0 Å². The van der Waals surface area contributed by atoms with Crippen LogP contribution in [0.15, 0.2) is 24.3 Å². The first-order chi connectivity index (χ1) is 11.2. The topological polar surface area (TPSA) is 49.9 Å². The summed E-state index contributed by atoms with van der Waals surface area (Å²) in [6.07, 6.45) is 13.7. The van der Waals surface area contributed by atoms with E-state index in [1.807, 2.05) is 0 Å². The van der Waals surface area contributed by atoms with Crippen LogP contribution in [0.1, 0.15) is 38.5 Å². The minimum Gasteiger partial charge on any atom is -0.387 e. The van der Waals surface area contributed by atoms with Crippen molar-refractivity contribution in [3.05, 3.63) is 24.3 Å². The Labute approximate surface area is 163 Å². The number of likely N-dealkylation sites (tertiary alicyclic amines) is 2. The van der Waals surface area contributed by atoms with Gasteiger partial charge < -0.3 is 4.74 Å². The number of ether oxygens (including phenoxy) is 1. The first kappa shape index (κ1) is 24.1. The van der Waals surface area contributed by atoms with Crippen molar-refractivity contribution in [1.82, 2.24) is 9.80 Å². The summed E-state index contributed by atoms with van der Waals surface area (Å²) in [5.74, 6) is -1.18. The normalized spacial score (nSPS) is 19.4. The fourth-order valence-electron chi connectivity index (χ4n) is 3.05. The van der Waals surface area contributed by atoms with Crippen LogP contribution in [0.2, 0.25) is 0 Å². The number of esters is 2. The van der Waals surface area contributed by atoms with E-state index in [9.17, 15) is 9.59 Å². The van der Waals surface area contributed by atoms with Crippen molar-refractivity contribution in [2.24, 2.45) is 0 Å². The highest BCUT2D eigenvalue weighted by Gasteiger charge is 2.10. The Morgan fingerprint density at radius 2 is 1.04 bits per heavy atom. The molecule has 0 bridgehead atoms. The minimum absolute atomic E-state index is 0. The Morgan fingerprint density at radius 1 is 0.680 bits per heavy atom. The van der Waals surface area contributed by atoms with Crippen molar-refractivity contribution in [1.29, 1.82) is 0 Å². The van der Waals surface area contributed by atoms with Crippen LogP contribution in [0, 0.1) is 0 Å². The first-order valence-corrected chi connectivity index (χ1v) is 8.77. The van der Waals surface area contributed by atoms with Gasteiger partial charge in [0, 0.05) is 25.2 Å². The van der Waals surface area contributed by atoms with Gasteiger partial charge in [-0.1, -0.05) is 25.0 Å². The van der Waals surface area contributed by atoms with E-state index in [1.165, 1.54) is 50.7 Å². The Hall–Kier alpha value is -0.880. The van der Waals surface area contributed by atoms with Gasteiger partial charge in [-0.05, 0) is 51.9 Å². The average Bonchev–Trinajstić information content (AvgIpc) is 2.57. The van der Waals surface area contributed by atoms with Crippen molar-refractivity contribution >= 4 is 36.8 Å². The zero-order chi connectivity index (χ0) is 16.3. The van der Waals surface area contributed by atoms with E-state index >= 15 is 0 Å². The number of hydrogen-bond donors (Lipinski definition) is 0. The molecule has 0 N–H and O–H groups in total. The monoisotopic (exact) mass is 392 g/mol. The van der Waals surface area contributed by atoms with Gasteiger partial charge in [0.1, 0.15) is 0 Å². The quantitative estimate of drug-likeness (QED) is 0.395. The summed E-state index contributed by atoms with van der Waals surface area (Å²) in [4.78, 5) is 27.7. The van der Waals surface area contributed by atoms with Crippen LogP contribution in [0.3, 0.4) is 0 Å². The summed E-state index contributed by atoms with van der Waals surface area (Å²) in [6.45, 7) is 5.81. The van der Waals surface area contributed by atoms with Crippen LogP contribution in [-0.2, 0) is 14.3 Å². The molecule has 0 aromatic carbocycles. The molecule has 0 amide bonds. The van der Waals surface area contributed by atoms with Gasteiger partial charge in [0.15, 0.2) is 0 Å². The Kier molecular flexibility index (Phi) is 13.8. The highest BCUT2D eigenvalue weighted by molar-refractivity contribution is 5.96. The predicted molar refractivity (Wildman–Crippen MR) is 104 cm³/mol. The van der Waals surface area contributed by atoms with Gasteiger partial charge in [0.05, 0.1) is 0 Å². The third-order valence-corrected chi connectivity index (χ3v) is 4.33. The second-order valence-electron chi connectivity index (χ2n) is 6.27. The van der Waals surface area contributed by atoms with Crippen molar-refractivity contribution in [3.63, 3.8) is 0 Å². The molecular weight excluding hydrogens is 363 g/mol. The third kappa shape index (κ3) is 10.6. The molecule has 0 spiro atoms. The SMILES string of the molecule is Cl.Cl.O=C(C=CCN1CCCCC1)OC(=O)C=CCN1CCCCC1. The summed E-state index contributed by atoms with van der Waals surface area (Å²) in [7, 11) is 0. The zero-order valence-corrected chi connectivity index (χ0v) is 16.4. The summed E-state index contributed by atoms with van der Waals surface area (Å²) >= 11 is 0. The molecule has 2 fully saturated rings. The zero-order valence-electron chi connectivity index (χ0n) is 14.7. The summed E-state index contributed by atoms with van der Waals surface area (Å²) in [5, 5.41) is 0. The third-order valence-electron chi connectivity index (χ3n) is 4.33. The highest BCUT2D eigenvalue weighted by Crippen LogP contribution is 2.08. The summed E-state index contributed by atoms with van der Waals surface area (Å²) < 4.78 is 4.74.